The van der Waals surface area contributed by atoms with E-state index in [2.05, 4.69) is 28.9 Å². The Labute approximate surface area is 150 Å². The summed E-state index contributed by atoms with van der Waals surface area (Å²) in [5, 5.41) is 0.338. The number of carbonyl (C=O) groups excluding carboxylic acids is 2. The highest BCUT2D eigenvalue weighted by atomic mass is 79.9. The van der Waals surface area contributed by atoms with Gasteiger partial charge in [-0.25, -0.2) is 0 Å². The number of carbonyl (C=O) groups is 2. The molecule has 1 heterocycles. The lowest BCUT2D eigenvalue weighted by Crippen LogP contribution is -2.40. The number of amides is 1. The molecule has 4 heteroatoms. The van der Waals surface area contributed by atoms with Gasteiger partial charge in [0.05, 0.1) is 5.33 Å². The lowest BCUT2D eigenvalue weighted by atomic mass is 9.93. The number of alkyl halides is 1. The number of fused-ring (bicyclic) bond motifs is 1. The molecule has 2 aromatic carbocycles. The second-order valence-corrected chi connectivity index (χ2v) is 6.82. The molecule has 0 aromatic heterocycles. The van der Waals surface area contributed by atoms with Crippen LogP contribution in [0.25, 0.3) is 11.1 Å². The Morgan fingerprint density at radius 1 is 1.12 bits per heavy atom. The summed E-state index contributed by atoms with van der Waals surface area (Å²) in [6, 6.07) is 14.2. The van der Waals surface area contributed by atoms with Crippen molar-refractivity contribution in [3.63, 3.8) is 0 Å². The SMILES string of the molecule is CC(=O)N1c2ccc(-c3ccc(C(=O)CBr)cc3)cc2CCC1C. The zero-order valence-electron chi connectivity index (χ0n) is 13.9. The Balaban J connectivity index is 1.94. The summed E-state index contributed by atoms with van der Waals surface area (Å²) in [6.07, 6.45) is 1.96. The van der Waals surface area contributed by atoms with Gasteiger partial charge in [0.25, 0.3) is 0 Å². The molecule has 1 atom stereocenters. The van der Waals surface area contributed by atoms with Crippen molar-refractivity contribution in [2.45, 2.75) is 32.7 Å². The van der Waals surface area contributed by atoms with Gasteiger partial charge < -0.3 is 4.90 Å². The quantitative estimate of drug-likeness (QED) is 0.570. The predicted molar refractivity (Wildman–Crippen MR) is 101 cm³/mol. The summed E-state index contributed by atoms with van der Waals surface area (Å²) in [4.78, 5) is 25.5. The van der Waals surface area contributed by atoms with Crippen LogP contribution >= 0.6 is 15.9 Å². The number of Topliss-reactive ketones (excluding diaryl/α,β-unsaturated/α-hetero) is 1. The number of benzene rings is 2. The third kappa shape index (κ3) is 3.16. The number of aryl methyl sites for hydroxylation is 1. The molecule has 24 heavy (non-hydrogen) atoms. The fourth-order valence-electron chi connectivity index (χ4n) is 3.34. The molecular formula is C20H20BrNO2. The molecular weight excluding hydrogens is 366 g/mol. The van der Waals surface area contributed by atoms with Crippen LogP contribution in [0.1, 0.15) is 36.2 Å². The number of hydrogen-bond acceptors (Lipinski definition) is 2. The Kier molecular flexibility index (Phi) is 4.86. The molecule has 0 radical (unpaired) electrons. The molecule has 2 aromatic rings. The molecule has 0 saturated carbocycles. The van der Waals surface area contributed by atoms with Crippen molar-refractivity contribution < 1.29 is 9.59 Å². The van der Waals surface area contributed by atoms with E-state index < -0.39 is 0 Å². The first-order chi connectivity index (χ1) is 11.5. The molecule has 3 rings (SSSR count). The van der Waals surface area contributed by atoms with Gasteiger partial charge in [0.2, 0.25) is 5.91 Å². The van der Waals surface area contributed by atoms with Gasteiger partial charge in [0.15, 0.2) is 5.78 Å². The highest BCUT2D eigenvalue weighted by Crippen LogP contribution is 2.34. The van der Waals surface area contributed by atoms with E-state index in [4.69, 9.17) is 0 Å². The molecule has 1 aliphatic rings. The number of nitrogens with zero attached hydrogens (tertiary/aromatic N) is 1. The third-order valence-electron chi connectivity index (χ3n) is 4.61. The number of halogens is 1. The lowest BCUT2D eigenvalue weighted by Gasteiger charge is -2.34. The van der Waals surface area contributed by atoms with E-state index in [9.17, 15) is 9.59 Å². The van der Waals surface area contributed by atoms with Crippen LogP contribution in [0.5, 0.6) is 0 Å². The van der Waals surface area contributed by atoms with Crippen LogP contribution < -0.4 is 4.90 Å². The summed E-state index contributed by atoms with van der Waals surface area (Å²) >= 11 is 3.20. The average molecular weight is 386 g/mol. The van der Waals surface area contributed by atoms with Crippen LogP contribution in [0.3, 0.4) is 0 Å². The predicted octanol–water partition coefficient (Wildman–Crippen LogP) is 4.62. The maximum Gasteiger partial charge on any atom is 0.224 e. The Bertz CT molecular complexity index is 783. The van der Waals surface area contributed by atoms with Gasteiger partial charge in [-0.15, -0.1) is 0 Å². The standard InChI is InChI=1S/C20H20BrNO2/c1-13-3-4-18-11-17(9-10-19(18)22(13)14(2)23)15-5-7-16(8-6-15)20(24)12-21/h5-11,13H,3-4,12H2,1-2H3. The number of rotatable bonds is 3. The summed E-state index contributed by atoms with van der Waals surface area (Å²) in [6.45, 7) is 3.72. The second kappa shape index (κ2) is 6.89. The van der Waals surface area contributed by atoms with E-state index in [1.165, 1.54) is 5.56 Å². The van der Waals surface area contributed by atoms with E-state index in [0.717, 1.165) is 29.7 Å². The van der Waals surface area contributed by atoms with E-state index in [1.807, 2.05) is 41.3 Å². The molecule has 1 unspecified atom stereocenters. The van der Waals surface area contributed by atoms with Crippen molar-refractivity contribution in [2.75, 3.05) is 10.2 Å². The molecule has 1 amide bonds. The van der Waals surface area contributed by atoms with Crippen molar-refractivity contribution in [1.82, 2.24) is 0 Å². The largest absolute Gasteiger partial charge is 0.310 e. The maximum atomic E-state index is 11.9. The summed E-state index contributed by atoms with van der Waals surface area (Å²) < 4.78 is 0. The van der Waals surface area contributed by atoms with Gasteiger partial charge in [-0.3, -0.25) is 9.59 Å². The van der Waals surface area contributed by atoms with Gasteiger partial charge in [0, 0.05) is 24.2 Å². The Morgan fingerprint density at radius 2 is 1.79 bits per heavy atom. The molecule has 0 bridgehead atoms. The van der Waals surface area contributed by atoms with Crippen molar-refractivity contribution >= 4 is 33.3 Å². The second-order valence-electron chi connectivity index (χ2n) is 6.25. The van der Waals surface area contributed by atoms with E-state index >= 15 is 0 Å². The van der Waals surface area contributed by atoms with Crippen LogP contribution in [0.4, 0.5) is 5.69 Å². The molecule has 124 valence electrons. The molecule has 0 aliphatic carbocycles. The highest BCUT2D eigenvalue weighted by molar-refractivity contribution is 9.09. The first-order valence-electron chi connectivity index (χ1n) is 8.13. The van der Waals surface area contributed by atoms with Crippen LogP contribution in [0, 0.1) is 0 Å². The number of ketones is 1. The zero-order chi connectivity index (χ0) is 17.3. The molecule has 0 saturated heterocycles. The molecule has 1 aliphatic heterocycles. The number of anilines is 1. The smallest absolute Gasteiger partial charge is 0.224 e. The summed E-state index contributed by atoms with van der Waals surface area (Å²) in [5.74, 6) is 0.173. The first-order valence-corrected chi connectivity index (χ1v) is 9.25. The van der Waals surface area contributed by atoms with E-state index in [1.54, 1.807) is 6.92 Å². The third-order valence-corrected chi connectivity index (χ3v) is 5.12. The van der Waals surface area contributed by atoms with Crippen molar-refractivity contribution in [1.29, 1.82) is 0 Å². The molecule has 0 N–H and O–H groups in total. The van der Waals surface area contributed by atoms with Gasteiger partial charge in [-0.05, 0) is 48.6 Å². The van der Waals surface area contributed by atoms with E-state index in [0.29, 0.717) is 10.9 Å². The minimum atomic E-state index is 0.0816. The molecule has 0 spiro atoms. The van der Waals surface area contributed by atoms with E-state index in [-0.39, 0.29) is 17.7 Å². The van der Waals surface area contributed by atoms with Crippen molar-refractivity contribution in [2.24, 2.45) is 0 Å². The summed E-state index contributed by atoms with van der Waals surface area (Å²) in [7, 11) is 0. The van der Waals surface area contributed by atoms with Crippen LogP contribution in [0.2, 0.25) is 0 Å². The fraction of sp³-hybridized carbons (Fsp3) is 0.300. The Hall–Kier alpha value is -1.94. The average Bonchev–Trinajstić information content (AvgIpc) is 2.60. The van der Waals surface area contributed by atoms with Crippen LogP contribution in [-0.2, 0) is 11.2 Å². The number of hydrogen-bond donors (Lipinski definition) is 0. The molecule has 3 nitrogen and oxygen atoms in total. The maximum absolute atomic E-state index is 11.9. The summed E-state index contributed by atoms with van der Waals surface area (Å²) in [5.41, 5.74) is 5.14. The normalized spacial score (nSPS) is 16.6. The fourth-order valence-corrected chi connectivity index (χ4v) is 3.66. The van der Waals surface area contributed by atoms with Gasteiger partial charge >= 0.3 is 0 Å². The van der Waals surface area contributed by atoms with Gasteiger partial charge in [-0.1, -0.05) is 46.3 Å². The first kappa shape index (κ1) is 16.9. The van der Waals surface area contributed by atoms with Crippen LogP contribution in [0.15, 0.2) is 42.5 Å². The van der Waals surface area contributed by atoms with Gasteiger partial charge in [-0.2, -0.15) is 0 Å². The minimum absolute atomic E-state index is 0.0816. The lowest BCUT2D eigenvalue weighted by molar-refractivity contribution is -0.117. The Morgan fingerprint density at radius 3 is 2.42 bits per heavy atom. The van der Waals surface area contributed by atoms with Crippen molar-refractivity contribution in [3.05, 3.63) is 53.6 Å². The van der Waals surface area contributed by atoms with Crippen LogP contribution in [-0.4, -0.2) is 23.1 Å². The minimum Gasteiger partial charge on any atom is -0.310 e. The highest BCUT2D eigenvalue weighted by Gasteiger charge is 2.26. The molecule has 0 fully saturated rings. The monoisotopic (exact) mass is 385 g/mol. The zero-order valence-corrected chi connectivity index (χ0v) is 15.5. The topological polar surface area (TPSA) is 37.4 Å². The van der Waals surface area contributed by atoms with Crippen molar-refractivity contribution in [3.8, 4) is 11.1 Å². The van der Waals surface area contributed by atoms with Gasteiger partial charge in [0.1, 0.15) is 0 Å².